The summed E-state index contributed by atoms with van der Waals surface area (Å²) in [6.45, 7) is 0.140. The van der Waals surface area contributed by atoms with Crippen molar-refractivity contribution in [3.63, 3.8) is 0 Å². The average molecular weight is 325 g/mol. The minimum atomic E-state index is -0.287. The Labute approximate surface area is 140 Å². The number of aromatic amines is 1. The van der Waals surface area contributed by atoms with E-state index in [4.69, 9.17) is 14.2 Å². The molecule has 0 aliphatic heterocycles. The molecule has 0 radical (unpaired) electrons. The Balaban J connectivity index is 1.67. The lowest BCUT2D eigenvalue weighted by Gasteiger charge is -2.11. The van der Waals surface area contributed by atoms with Gasteiger partial charge in [0.25, 0.3) is 0 Å². The minimum absolute atomic E-state index is 0.140. The summed E-state index contributed by atoms with van der Waals surface area (Å²) < 4.78 is 15.9. The number of nitrogens with one attached hydrogen (secondary N) is 1. The lowest BCUT2D eigenvalue weighted by atomic mass is 10.1. The zero-order chi connectivity index (χ0) is 16.9. The number of aromatic nitrogens is 1. The zero-order valence-corrected chi connectivity index (χ0v) is 13.7. The first-order chi connectivity index (χ1) is 11.7. The van der Waals surface area contributed by atoms with Crippen LogP contribution in [0.4, 0.5) is 0 Å². The molecule has 0 aliphatic carbocycles. The van der Waals surface area contributed by atoms with Crippen LogP contribution in [0, 0.1) is 0 Å². The van der Waals surface area contributed by atoms with Crippen LogP contribution >= 0.6 is 0 Å². The van der Waals surface area contributed by atoms with Gasteiger partial charge in [-0.3, -0.25) is 4.79 Å². The zero-order valence-electron chi connectivity index (χ0n) is 13.7. The topological polar surface area (TPSA) is 60.6 Å². The fraction of sp³-hybridized carbons (Fsp3) is 0.211. The first kappa shape index (κ1) is 15.9. The summed E-state index contributed by atoms with van der Waals surface area (Å²) in [4.78, 5) is 15.3. The summed E-state index contributed by atoms with van der Waals surface area (Å²) in [5, 5.41) is 1.04. The fourth-order valence-corrected chi connectivity index (χ4v) is 2.64. The second-order valence-corrected chi connectivity index (χ2v) is 5.37. The molecule has 24 heavy (non-hydrogen) atoms. The van der Waals surface area contributed by atoms with Crippen molar-refractivity contribution in [3.8, 4) is 11.5 Å². The molecule has 3 rings (SSSR count). The van der Waals surface area contributed by atoms with Crippen LogP contribution in [0.3, 0.4) is 0 Å². The molecule has 5 heteroatoms. The summed E-state index contributed by atoms with van der Waals surface area (Å²) in [6.07, 6.45) is 2.06. The van der Waals surface area contributed by atoms with E-state index in [1.165, 1.54) is 0 Å². The second-order valence-electron chi connectivity index (χ2n) is 5.37. The van der Waals surface area contributed by atoms with E-state index in [0.717, 1.165) is 22.0 Å². The van der Waals surface area contributed by atoms with E-state index in [9.17, 15) is 4.79 Å². The molecule has 0 spiro atoms. The van der Waals surface area contributed by atoms with E-state index < -0.39 is 0 Å². The summed E-state index contributed by atoms with van der Waals surface area (Å²) >= 11 is 0. The third kappa shape index (κ3) is 3.35. The van der Waals surface area contributed by atoms with Gasteiger partial charge in [0.05, 0.1) is 20.6 Å². The van der Waals surface area contributed by atoms with Gasteiger partial charge in [-0.1, -0.05) is 18.2 Å². The van der Waals surface area contributed by atoms with Gasteiger partial charge in [-0.05, 0) is 29.8 Å². The molecule has 0 fully saturated rings. The Hall–Kier alpha value is -2.95. The van der Waals surface area contributed by atoms with E-state index in [2.05, 4.69) is 4.98 Å². The van der Waals surface area contributed by atoms with Gasteiger partial charge in [0.1, 0.15) is 18.1 Å². The van der Waals surface area contributed by atoms with E-state index >= 15 is 0 Å². The number of methoxy groups -OCH3 is 2. The first-order valence-electron chi connectivity index (χ1n) is 7.63. The molecule has 1 N–H and O–H groups in total. The van der Waals surface area contributed by atoms with Crippen molar-refractivity contribution in [3.05, 3.63) is 59.8 Å². The third-order valence-corrected chi connectivity index (χ3v) is 3.89. The summed E-state index contributed by atoms with van der Waals surface area (Å²) in [7, 11) is 3.17. The van der Waals surface area contributed by atoms with E-state index in [0.29, 0.717) is 11.5 Å². The van der Waals surface area contributed by atoms with E-state index in [1.54, 1.807) is 32.4 Å². The van der Waals surface area contributed by atoms with Gasteiger partial charge in [-0.2, -0.15) is 0 Å². The number of benzene rings is 2. The number of fused-ring (bicyclic) bond motifs is 1. The molecule has 0 bridgehead atoms. The van der Waals surface area contributed by atoms with Crippen molar-refractivity contribution in [2.75, 3.05) is 14.2 Å². The number of hydrogen-bond donors (Lipinski definition) is 1. The number of carbonyl (C=O) groups is 1. The van der Waals surface area contributed by atoms with Gasteiger partial charge in [-0.15, -0.1) is 0 Å². The molecule has 1 aromatic heterocycles. The lowest BCUT2D eigenvalue weighted by Crippen LogP contribution is -2.08. The summed E-state index contributed by atoms with van der Waals surface area (Å²) in [5.74, 6) is 1.07. The Morgan fingerprint density at radius 2 is 1.88 bits per heavy atom. The van der Waals surface area contributed by atoms with Gasteiger partial charge in [0.15, 0.2) is 0 Å². The van der Waals surface area contributed by atoms with Crippen molar-refractivity contribution in [1.82, 2.24) is 4.98 Å². The smallest absolute Gasteiger partial charge is 0.310 e. The van der Waals surface area contributed by atoms with Gasteiger partial charge in [0, 0.05) is 22.7 Å². The SMILES string of the molecule is COc1ccc(OC)c(COC(=O)Cc2c[nH]c3ccccc23)c1. The number of hydrogen-bond acceptors (Lipinski definition) is 4. The van der Waals surface area contributed by atoms with Crippen molar-refractivity contribution in [2.45, 2.75) is 13.0 Å². The summed E-state index contributed by atoms with van der Waals surface area (Å²) in [6, 6.07) is 13.3. The van der Waals surface area contributed by atoms with Crippen LogP contribution < -0.4 is 9.47 Å². The molecule has 0 saturated carbocycles. The number of carbonyl (C=O) groups excluding carboxylic acids is 1. The molecular formula is C19H19NO4. The first-order valence-corrected chi connectivity index (χ1v) is 7.63. The molecule has 5 nitrogen and oxygen atoms in total. The number of rotatable bonds is 6. The van der Waals surface area contributed by atoms with Gasteiger partial charge >= 0.3 is 5.97 Å². The van der Waals surface area contributed by atoms with Crippen molar-refractivity contribution in [1.29, 1.82) is 0 Å². The predicted octanol–water partition coefficient (Wildman–Crippen LogP) is 3.47. The highest BCUT2D eigenvalue weighted by molar-refractivity contribution is 5.87. The molecule has 2 aromatic carbocycles. The third-order valence-electron chi connectivity index (χ3n) is 3.89. The van der Waals surface area contributed by atoms with Crippen LogP contribution in [0.1, 0.15) is 11.1 Å². The van der Waals surface area contributed by atoms with Crippen molar-refractivity contribution >= 4 is 16.9 Å². The molecule has 0 saturated heterocycles. The Morgan fingerprint density at radius 1 is 1.04 bits per heavy atom. The molecule has 0 amide bonds. The number of esters is 1. The largest absolute Gasteiger partial charge is 0.497 e. The highest BCUT2D eigenvalue weighted by Crippen LogP contribution is 2.25. The van der Waals surface area contributed by atoms with Gasteiger partial charge in [0.2, 0.25) is 0 Å². The monoisotopic (exact) mass is 325 g/mol. The summed E-state index contributed by atoms with van der Waals surface area (Å²) in [5.41, 5.74) is 2.70. The lowest BCUT2D eigenvalue weighted by molar-refractivity contribution is -0.144. The Bertz CT molecular complexity index is 853. The predicted molar refractivity (Wildman–Crippen MR) is 91.3 cm³/mol. The van der Waals surface area contributed by atoms with Crippen molar-refractivity contribution in [2.24, 2.45) is 0 Å². The number of H-pyrrole nitrogens is 1. The maximum Gasteiger partial charge on any atom is 0.310 e. The van der Waals surface area contributed by atoms with Crippen LogP contribution in [0.2, 0.25) is 0 Å². The Morgan fingerprint density at radius 3 is 2.67 bits per heavy atom. The van der Waals surface area contributed by atoms with Crippen LogP contribution in [-0.4, -0.2) is 25.2 Å². The maximum atomic E-state index is 12.2. The molecule has 0 aliphatic rings. The standard InChI is InChI=1S/C19H19NO4/c1-22-15-7-8-18(23-2)14(9-15)12-24-19(21)10-13-11-20-17-6-4-3-5-16(13)17/h3-9,11,20H,10,12H2,1-2H3. The van der Waals surface area contributed by atoms with E-state index in [-0.39, 0.29) is 19.0 Å². The normalized spacial score (nSPS) is 10.6. The van der Waals surface area contributed by atoms with Gasteiger partial charge in [-0.25, -0.2) is 0 Å². The van der Waals surface area contributed by atoms with Crippen molar-refractivity contribution < 1.29 is 19.0 Å². The van der Waals surface area contributed by atoms with Crippen LogP contribution in [0.5, 0.6) is 11.5 Å². The highest BCUT2D eigenvalue weighted by atomic mass is 16.5. The van der Waals surface area contributed by atoms with Crippen LogP contribution in [-0.2, 0) is 22.6 Å². The fourth-order valence-electron chi connectivity index (χ4n) is 2.64. The molecule has 0 unspecified atom stereocenters. The second kappa shape index (κ2) is 7.08. The number of para-hydroxylation sites is 1. The molecule has 0 atom stereocenters. The highest BCUT2D eigenvalue weighted by Gasteiger charge is 2.12. The minimum Gasteiger partial charge on any atom is -0.497 e. The quantitative estimate of drug-likeness (QED) is 0.705. The average Bonchev–Trinajstić information content (AvgIpc) is 3.02. The molecular weight excluding hydrogens is 306 g/mol. The molecule has 1 heterocycles. The van der Waals surface area contributed by atoms with Gasteiger partial charge < -0.3 is 19.2 Å². The number of ether oxygens (including phenoxy) is 3. The molecule has 3 aromatic rings. The Kier molecular flexibility index (Phi) is 4.70. The van der Waals surface area contributed by atoms with Crippen LogP contribution in [0.25, 0.3) is 10.9 Å². The molecule has 124 valence electrons. The maximum absolute atomic E-state index is 12.2. The van der Waals surface area contributed by atoms with E-state index in [1.807, 2.05) is 30.5 Å². The van der Waals surface area contributed by atoms with Crippen LogP contribution in [0.15, 0.2) is 48.7 Å².